The Morgan fingerprint density at radius 3 is 2.94 bits per heavy atom. The van der Waals surface area contributed by atoms with Gasteiger partial charge < -0.3 is 14.4 Å². The minimum absolute atomic E-state index is 0.222. The molecule has 0 radical (unpaired) electrons. The summed E-state index contributed by atoms with van der Waals surface area (Å²) >= 11 is 0. The molecule has 0 fully saturated rings. The molecule has 0 amide bonds. The number of ether oxygens (including phenoxy) is 1. The van der Waals surface area contributed by atoms with E-state index < -0.39 is 6.10 Å². The second-order valence-corrected chi connectivity index (χ2v) is 3.35. The van der Waals surface area contributed by atoms with Gasteiger partial charge in [-0.05, 0) is 13.0 Å². The van der Waals surface area contributed by atoms with Gasteiger partial charge in [0.1, 0.15) is 5.75 Å². The third kappa shape index (κ3) is 2.38. The molecule has 5 heteroatoms. The molecule has 0 aliphatic rings. The molecule has 0 saturated heterocycles. The molecule has 2 rings (SSSR count). The molecule has 0 aliphatic carbocycles. The van der Waals surface area contributed by atoms with Gasteiger partial charge in [0.25, 0.3) is 0 Å². The number of para-hydroxylation sites is 1. The summed E-state index contributed by atoms with van der Waals surface area (Å²) in [6, 6.07) is 7.30. The van der Waals surface area contributed by atoms with Crippen molar-refractivity contribution in [1.82, 2.24) is 10.1 Å². The highest BCUT2D eigenvalue weighted by Crippen LogP contribution is 2.24. The fourth-order valence-electron chi connectivity index (χ4n) is 1.36. The number of aromatic nitrogens is 2. The minimum Gasteiger partial charge on any atom is -0.485 e. The standard InChI is InChI=1S/C11H12N2O3/c1-8(14)9-4-2-3-5-10(9)15-6-11-12-7-16-13-11/h2-5,7-8,14H,6H2,1H3/t8-/m1/s1. The number of benzene rings is 1. The summed E-state index contributed by atoms with van der Waals surface area (Å²) in [7, 11) is 0. The molecular formula is C11H12N2O3. The Morgan fingerprint density at radius 2 is 2.25 bits per heavy atom. The topological polar surface area (TPSA) is 68.4 Å². The van der Waals surface area contributed by atoms with Gasteiger partial charge in [-0.25, -0.2) is 0 Å². The quantitative estimate of drug-likeness (QED) is 0.849. The number of rotatable bonds is 4. The molecule has 1 aromatic heterocycles. The van der Waals surface area contributed by atoms with Crippen LogP contribution in [0.5, 0.6) is 5.75 Å². The molecule has 0 aliphatic heterocycles. The Labute approximate surface area is 92.7 Å². The first-order valence-corrected chi connectivity index (χ1v) is 4.92. The van der Waals surface area contributed by atoms with Gasteiger partial charge in [0, 0.05) is 5.56 Å². The smallest absolute Gasteiger partial charge is 0.213 e. The van der Waals surface area contributed by atoms with Gasteiger partial charge in [-0.3, -0.25) is 0 Å². The van der Waals surface area contributed by atoms with E-state index in [1.54, 1.807) is 13.0 Å². The summed E-state index contributed by atoms with van der Waals surface area (Å²) in [5.41, 5.74) is 0.742. The number of nitrogens with zero attached hydrogens (tertiary/aromatic N) is 2. The summed E-state index contributed by atoms with van der Waals surface area (Å²) < 4.78 is 10.1. The first-order chi connectivity index (χ1) is 7.77. The highest BCUT2D eigenvalue weighted by atomic mass is 16.5. The zero-order valence-electron chi connectivity index (χ0n) is 8.83. The Bertz CT molecular complexity index is 440. The summed E-state index contributed by atoms with van der Waals surface area (Å²) in [5.74, 6) is 1.10. The van der Waals surface area contributed by atoms with Gasteiger partial charge in [-0.1, -0.05) is 23.4 Å². The normalized spacial score (nSPS) is 12.4. The van der Waals surface area contributed by atoms with Crippen molar-refractivity contribution in [2.45, 2.75) is 19.6 Å². The van der Waals surface area contributed by atoms with Crippen molar-refractivity contribution in [2.24, 2.45) is 0 Å². The zero-order chi connectivity index (χ0) is 11.4. The third-order valence-corrected chi connectivity index (χ3v) is 2.13. The Morgan fingerprint density at radius 1 is 1.44 bits per heavy atom. The molecule has 1 heterocycles. The van der Waals surface area contributed by atoms with Crippen molar-refractivity contribution in [1.29, 1.82) is 0 Å². The van der Waals surface area contributed by atoms with Gasteiger partial charge in [0.05, 0.1) is 6.10 Å². The largest absolute Gasteiger partial charge is 0.485 e. The van der Waals surface area contributed by atoms with Crippen LogP contribution >= 0.6 is 0 Å². The molecule has 16 heavy (non-hydrogen) atoms. The van der Waals surface area contributed by atoms with E-state index in [9.17, 15) is 5.11 Å². The van der Waals surface area contributed by atoms with E-state index in [4.69, 9.17) is 4.74 Å². The van der Waals surface area contributed by atoms with Gasteiger partial charge in [-0.15, -0.1) is 0 Å². The predicted molar refractivity (Wildman–Crippen MR) is 55.7 cm³/mol. The summed E-state index contributed by atoms with van der Waals surface area (Å²) in [5, 5.41) is 13.2. The molecule has 0 saturated carbocycles. The second-order valence-electron chi connectivity index (χ2n) is 3.35. The van der Waals surface area contributed by atoms with E-state index in [-0.39, 0.29) is 6.61 Å². The Balaban J connectivity index is 2.09. The number of hydrogen-bond donors (Lipinski definition) is 1. The van der Waals surface area contributed by atoms with Crippen molar-refractivity contribution >= 4 is 0 Å². The van der Waals surface area contributed by atoms with Crippen molar-refractivity contribution in [3.63, 3.8) is 0 Å². The van der Waals surface area contributed by atoms with Gasteiger partial charge >= 0.3 is 0 Å². The molecule has 5 nitrogen and oxygen atoms in total. The van der Waals surface area contributed by atoms with Crippen molar-refractivity contribution in [3.8, 4) is 5.75 Å². The maximum absolute atomic E-state index is 9.53. The highest BCUT2D eigenvalue weighted by molar-refractivity contribution is 5.34. The third-order valence-electron chi connectivity index (χ3n) is 2.13. The molecule has 1 atom stereocenters. The van der Waals surface area contributed by atoms with Crippen molar-refractivity contribution in [2.75, 3.05) is 0 Å². The SMILES string of the molecule is C[C@@H](O)c1ccccc1OCc1ncon1. The summed E-state index contributed by atoms with van der Waals surface area (Å²) in [6.07, 6.45) is 0.681. The van der Waals surface area contributed by atoms with Crippen LogP contribution in [0.25, 0.3) is 0 Å². The van der Waals surface area contributed by atoms with E-state index >= 15 is 0 Å². The van der Waals surface area contributed by atoms with E-state index in [1.165, 1.54) is 6.39 Å². The van der Waals surface area contributed by atoms with Gasteiger partial charge in [0.15, 0.2) is 6.61 Å². The lowest BCUT2D eigenvalue weighted by molar-refractivity contribution is 0.189. The van der Waals surface area contributed by atoms with Gasteiger partial charge in [-0.2, -0.15) is 4.98 Å². The van der Waals surface area contributed by atoms with Gasteiger partial charge in [0.2, 0.25) is 12.2 Å². The Kier molecular flexibility index (Phi) is 3.16. The molecule has 0 bridgehead atoms. The second kappa shape index (κ2) is 4.76. The lowest BCUT2D eigenvalue weighted by atomic mass is 10.1. The van der Waals surface area contributed by atoms with Crippen LogP contribution in [0.3, 0.4) is 0 Å². The molecule has 1 aromatic carbocycles. The zero-order valence-corrected chi connectivity index (χ0v) is 8.83. The van der Waals surface area contributed by atoms with E-state index in [0.29, 0.717) is 11.6 Å². The molecule has 1 N–H and O–H groups in total. The first kappa shape index (κ1) is 10.6. The summed E-state index contributed by atoms with van der Waals surface area (Å²) in [4.78, 5) is 3.84. The molecule has 0 spiro atoms. The maximum Gasteiger partial charge on any atom is 0.213 e. The monoisotopic (exact) mass is 220 g/mol. The van der Waals surface area contributed by atoms with Crippen LogP contribution in [-0.4, -0.2) is 15.2 Å². The van der Waals surface area contributed by atoms with E-state index in [0.717, 1.165) is 5.56 Å². The van der Waals surface area contributed by atoms with Crippen LogP contribution in [0.4, 0.5) is 0 Å². The van der Waals surface area contributed by atoms with Crippen LogP contribution < -0.4 is 4.74 Å². The van der Waals surface area contributed by atoms with Crippen molar-refractivity contribution in [3.05, 3.63) is 42.0 Å². The fraction of sp³-hybridized carbons (Fsp3) is 0.273. The lowest BCUT2D eigenvalue weighted by Crippen LogP contribution is -2.01. The highest BCUT2D eigenvalue weighted by Gasteiger charge is 2.09. The van der Waals surface area contributed by atoms with Crippen LogP contribution in [0.2, 0.25) is 0 Å². The molecular weight excluding hydrogens is 208 g/mol. The van der Waals surface area contributed by atoms with Crippen molar-refractivity contribution < 1.29 is 14.4 Å². The number of aliphatic hydroxyl groups excluding tert-OH is 1. The minimum atomic E-state index is -0.568. The van der Waals surface area contributed by atoms with E-state index in [2.05, 4.69) is 14.7 Å². The average Bonchev–Trinajstić information content (AvgIpc) is 2.79. The van der Waals surface area contributed by atoms with Crippen LogP contribution in [0.15, 0.2) is 35.2 Å². The Hall–Kier alpha value is -1.88. The van der Waals surface area contributed by atoms with E-state index in [1.807, 2.05) is 18.2 Å². The molecule has 0 unspecified atom stereocenters. The maximum atomic E-state index is 9.53. The summed E-state index contributed by atoms with van der Waals surface area (Å²) in [6.45, 7) is 1.91. The van der Waals surface area contributed by atoms with Crippen LogP contribution in [0, 0.1) is 0 Å². The number of aliphatic hydroxyl groups is 1. The lowest BCUT2D eigenvalue weighted by Gasteiger charge is -2.11. The van der Waals surface area contributed by atoms with Crippen LogP contribution in [0.1, 0.15) is 24.4 Å². The fourth-order valence-corrected chi connectivity index (χ4v) is 1.36. The first-order valence-electron chi connectivity index (χ1n) is 4.92. The van der Waals surface area contributed by atoms with Crippen LogP contribution in [-0.2, 0) is 6.61 Å². The predicted octanol–water partition coefficient (Wildman–Crippen LogP) is 1.70. The molecule has 2 aromatic rings. The average molecular weight is 220 g/mol. The number of hydrogen-bond acceptors (Lipinski definition) is 5. The molecule has 84 valence electrons.